The lowest BCUT2D eigenvalue weighted by molar-refractivity contribution is 0.362. The lowest BCUT2D eigenvalue weighted by atomic mass is 9.84. The minimum atomic E-state index is -0.338. The second kappa shape index (κ2) is 5.89. The molecule has 0 amide bonds. The molecular weight excluding hydrogens is 292 g/mol. The summed E-state index contributed by atoms with van der Waals surface area (Å²) in [5.41, 5.74) is 8.80. The summed E-state index contributed by atoms with van der Waals surface area (Å²) in [6.07, 6.45) is 1.68. The average molecular weight is 308 g/mol. The van der Waals surface area contributed by atoms with E-state index in [1.807, 2.05) is 31.2 Å². The van der Waals surface area contributed by atoms with Crippen LogP contribution in [0.2, 0.25) is 0 Å². The maximum Gasteiger partial charge on any atom is 0.244 e. The Labute approximate surface area is 133 Å². The van der Waals surface area contributed by atoms with E-state index in [0.717, 1.165) is 16.8 Å². The number of hydrogen-bond donors (Lipinski definition) is 2. The number of nitrogens with one attached hydrogen (secondary N) is 1. The van der Waals surface area contributed by atoms with Crippen LogP contribution >= 0.6 is 0 Å². The van der Waals surface area contributed by atoms with Gasteiger partial charge in [-0.3, -0.25) is 5.10 Å². The molecule has 1 aliphatic rings. The van der Waals surface area contributed by atoms with Crippen LogP contribution < -0.4 is 15.2 Å². The Morgan fingerprint density at radius 1 is 1.57 bits per heavy atom. The van der Waals surface area contributed by atoms with Gasteiger partial charge in [-0.25, -0.2) is 0 Å². The Morgan fingerprint density at radius 3 is 3.13 bits per heavy atom. The van der Waals surface area contributed by atoms with E-state index in [-0.39, 0.29) is 11.8 Å². The number of allylic oxidation sites excluding steroid dienone is 1. The molecule has 0 fully saturated rings. The van der Waals surface area contributed by atoms with Crippen molar-refractivity contribution in [2.24, 2.45) is 5.73 Å². The molecule has 2 heterocycles. The minimum absolute atomic E-state index is 0.0777. The van der Waals surface area contributed by atoms with Crippen molar-refractivity contribution in [1.82, 2.24) is 10.2 Å². The van der Waals surface area contributed by atoms with Crippen molar-refractivity contribution in [1.29, 1.82) is 5.26 Å². The number of fused-ring (bicyclic) bond motifs is 1. The van der Waals surface area contributed by atoms with Crippen LogP contribution in [0.1, 0.15) is 22.7 Å². The standard InChI is InChI=1S/C17H16N4O2/c1-3-7-22-12-6-4-5-11(8-12)15-13(9-18)16(19)23-17-14(15)10(2)20-21-17/h3-6,8,15H,1,7,19H2,2H3,(H,20,21). The first kappa shape index (κ1) is 14.7. The van der Waals surface area contributed by atoms with E-state index in [1.54, 1.807) is 6.08 Å². The van der Waals surface area contributed by atoms with Gasteiger partial charge in [0.25, 0.3) is 0 Å². The third-order valence-electron chi connectivity index (χ3n) is 3.69. The fourth-order valence-electron chi connectivity index (χ4n) is 2.67. The third kappa shape index (κ3) is 2.53. The van der Waals surface area contributed by atoms with E-state index in [9.17, 15) is 5.26 Å². The van der Waals surface area contributed by atoms with Crippen molar-refractivity contribution < 1.29 is 9.47 Å². The molecule has 0 saturated carbocycles. The SMILES string of the molecule is C=CCOc1cccc(C2C(C#N)=C(N)Oc3n[nH]c(C)c32)c1. The summed E-state index contributed by atoms with van der Waals surface area (Å²) in [4.78, 5) is 0. The average Bonchev–Trinajstić information content (AvgIpc) is 2.92. The molecule has 116 valence electrons. The molecule has 6 nitrogen and oxygen atoms in total. The molecule has 1 aromatic carbocycles. The molecular formula is C17H16N4O2. The second-order valence-corrected chi connectivity index (χ2v) is 5.16. The molecule has 1 unspecified atom stereocenters. The number of H-pyrrole nitrogens is 1. The van der Waals surface area contributed by atoms with Crippen LogP contribution in [0.25, 0.3) is 0 Å². The zero-order chi connectivity index (χ0) is 16.4. The van der Waals surface area contributed by atoms with Crippen LogP contribution in [-0.2, 0) is 0 Å². The van der Waals surface area contributed by atoms with Gasteiger partial charge in [-0.05, 0) is 24.6 Å². The van der Waals surface area contributed by atoms with Crippen LogP contribution in [-0.4, -0.2) is 16.8 Å². The topological polar surface area (TPSA) is 96.9 Å². The number of aromatic amines is 1. The van der Waals surface area contributed by atoms with Crippen molar-refractivity contribution in [2.75, 3.05) is 6.61 Å². The van der Waals surface area contributed by atoms with Crippen molar-refractivity contribution in [3.63, 3.8) is 0 Å². The number of aromatic nitrogens is 2. The number of rotatable bonds is 4. The first-order valence-electron chi connectivity index (χ1n) is 7.11. The Morgan fingerprint density at radius 2 is 2.39 bits per heavy atom. The molecule has 0 aliphatic carbocycles. The van der Waals surface area contributed by atoms with Crippen LogP contribution in [0.15, 0.2) is 48.4 Å². The lowest BCUT2D eigenvalue weighted by Gasteiger charge is -2.23. The first-order valence-corrected chi connectivity index (χ1v) is 7.11. The molecule has 0 radical (unpaired) electrons. The second-order valence-electron chi connectivity index (χ2n) is 5.16. The quantitative estimate of drug-likeness (QED) is 0.846. The van der Waals surface area contributed by atoms with Crippen LogP contribution in [0.4, 0.5) is 0 Å². The number of hydrogen-bond acceptors (Lipinski definition) is 5. The molecule has 1 atom stereocenters. The Kier molecular flexibility index (Phi) is 3.77. The normalized spacial score (nSPS) is 16.3. The summed E-state index contributed by atoms with van der Waals surface area (Å²) in [6.45, 7) is 5.94. The Balaban J connectivity index is 2.11. The maximum atomic E-state index is 9.51. The summed E-state index contributed by atoms with van der Waals surface area (Å²) in [5, 5.41) is 16.5. The molecule has 1 aliphatic heterocycles. The summed E-state index contributed by atoms with van der Waals surface area (Å²) in [7, 11) is 0. The van der Waals surface area contributed by atoms with E-state index in [2.05, 4.69) is 22.8 Å². The number of aryl methyl sites for hydroxylation is 1. The number of nitrogens with zero attached hydrogens (tertiary/aromatic N) is 2. The van der Waals surface area contributed by atoms with Gasteiger partial charge in [0.2, 0.25) is 11.8 Å². The predicted octanol–water partition coefficient (Wildman–Crippen LogP) is 2.50. The van der Waals surface area contributed by atoms with Gasteiger partial charge >= 0.3 is 0 Å². The van der Waals surface area contributed by atoms with E-state index < -0.39 is 0 Å². The zero-order valence-corrected chi connectivity index (χ0v) is 12.7. The van der Waals surface area contributed by atoms with Crippen molar-refractivity contribution in [3.8, 4) is 17.7 Å². The highest BCUT2D eigenvalue weighted by atomic mass is 16.5. The number of nitriles is 1. The van der Waals surface area contributed by atoms with Gasteiger partial charge in [-0.15, -0.1) is 5.10 Å². The minimum Gasteiger partial charge on any atom is -0.490 e. The largest absolute Gasteiger partial charge is 0.490 e. The first-order chi connectivity index (χ1) is 11.2. The van der Waals surface area contributed by atoms with Gasteiger partial charge in [0.05, 0.1) is 5.92 Å². The third-order valence-corrected chi connectivity index (χ3v) is 3.69. The monoisotopic (exact) mass is 308 g/mol. The molecule has 0 bridgehead atoms. The molecule has 6 heteroatoms. The smallest absolute Gasteiger partial charge is 0.244 e. The molecule has 1 aromatic heterocycles. The number of ether oxygens (including phenoxy) is 2. The molecule has 23 heavy (non-hydrogen) atoms. The highest BCUT2D eigenvalue weighted by Crippen LogP contribution is 2.43. The van der Waals surface area contributed by atoms with E-state index >= 15 is 0 Å². The predicted molar refractivity (Wildman–Crippen MR) is 84.8 cm³/mol. The summed E-state index contributed by atoms with van der Waals surface area (Å²) >= 11 is 0. The van der Waals surface area contributed by atoms with Gasteiger partial charge in [-0.1, -0.05) is 24.8 Å². The fraction of sp³-hybridized carbons (Fsp3) is 0.176. The number of benzene rings is 1. The molecule has 3 rings (SSSR count). The van der Waals surface area contributed by atoms with Gasteiger partial charge < -0.3 is 15.2 Å². The van der Waals surface area contributed by atoms with Crippen molar-refractivity contribution >= 4 is 0 Å². The van der Waals surface area contributed by atoms with Gasteiger partial charge in [-0.2, -0.15) is 5.26 Å². The van der Waals surface area contributed by atoms with Crippen LogP contribution in [0.3, 0.4) is 0 Å². The number of nitrogens with two attached hydrogens (primary N) is 1. The highest BCUT2D eigenvalue weighted by Gasteiger charge is 2.34. The van der Waals surface area contributed by atoms with E-state index in [4.69, 9.17) is 15.2 Å². The van der Waals surface area contributed by atoms with Crippen LogP contribution in [0.5, 0.6) is 11.6 Å². The van der Waals surface area contributed by atoms with Gasteiger partial charge in [0.1, 0.15) is 24.0 Å². The molecule has 0 spiro atoms. The zero-order valence-electron chi connectivity index (χ0n) is 12.7. The van der Waals surface area contributed by atoms with Crippen LogP contribution in [0, 0.1) is 18.3 Å². The van der Waals surface area contributed by atoms with E-state index in [0.29, 0.717) is 23.8 Å². The Hall–Kier alpha value is -3.20. The van der Waals surface area contributed by atoms with Crippen molar-refractivity contribution in [2.45, 2.75) is 12.8 Å². The summed E-state index contributed by atoms with van der Waals surface area (Å²) < 4.78 is 11.0. The van der Waals surface area contributed by atoms with Gasteiger partial charge in [0, 0.05) is 11.3 Å². The lowest BCUT2D eigenvalue weighted by Crippen LogP contribution is -2.21. The summed E-state index contributed by atoms with van der Waals surface area (Å²) in [5.74, 6) is 0.845. The highest BCUT2D eigenvalue weighted by molar-refractivity contribution is 5.55. The fourth-order valence-corrected chi connectivity index (χ4v) is 2.67. The molecule has 0 saturated heterocycles. The Bertz CT molecular complexity index is 829. The van der Waals surface area contributed by atoms with Crippen molar-refractivity contribution in [3.05, 3.63) is 65.2 Å². The van der Waals surface area contributed by atoms with E-state index in [1.165, 1.54) is 0 Å². The summed E-state index contributed by atoms with van der Waals surface area (Å²) in [6, 6.07) is 9.71. The maximum absolute atomic E-state index is 9.51. The molecule has 2 aromatic rings. The molecule has 3 N–H and O–H groups in total. The van der Waals surface area contributed by atoms with Gasteiger partial charge in [0.15, 0.2) is 0 Å².